The van der Waals surface area contributed by atoms with Crippen LogP contribution in [0.4, 0.5) is 9.59 Å². The van der Waals surface area contributed by atoms with Crippen LogP contribution in [0, 0.1) is 0 Å². The van der Waals surface area contributed by atoms with Crippen molar-refractivity contribution in [3.8, 4) is 5.75 Å². The van der Waals surface area contributed by atoms with Gasteiger partial charge in [0.2, 0.25) is 0 Å². The summed E-state index contributed by atoms with van der Waals surface area (Å²) in [5.74, 6) is 0.0964. The molecule has 0 radical (unpaired) electrons. The molecule has 1 aliphatic rings. The first-order valence-corrected chi connectivity index (χ1v) is 9.04. The van der Waals surface area contributed by atoms with Crippen LogP contribution < -0.4 is 10.1 Å². The van der Waals surface area contributed by atoms with E-state index in [9.17, 15) is 9.59 Å². The molecule has 1 atom stereocenters. The molecular weight excluding hydrogens is 382 g/mol. The lowest BCUT2D eigenvalue weighted by Gasteiger charge is -2.30. The number of methoxy groups -OCH3 is 1. The summed E-state index contributed by atoms with van der Waals surface area (Å²) in [7, 11) is 1.51. The average molecular weight is 407 g/mol. The molecule has 0 amide bonds. The molecule has 1 aliphatic heterocycles. The molecule has 2 rings (SSSR count). The van der Waals surface area contributed by atoms with Crippen molar-refractivity contribution < 1.29 is 38.4 Å². The Bertz CT molecular complexity index is 814. The van der Waals surface area contributed by atoms with Gasteiger partial charge in [0.05, 0.1) is 31.7 Å². The van der Waals surface area contributed by atoms with Gasteiger partial charge in [-0.05, 0) is 26.8 Å². The number of rotatable bonds is 7. The molecule has 1 heterocycles. The summed E-state index contributed by atoms with van der Waals surface area (Å²) in [6.07, 6.45) is -1.88. The third kappa shape index (κ3) is 5.41. The van der Waals surface area contributed by atoms with Crippen molar-refractivity contribution in [2.45, 2.75) is 26.7 Å². The lowest BCUT2D eigenvalue weighted by atomic mass is 9.90. The SMILES string of the molecule is CCOC(=O)OC1=C(C)NC(C)=C(OC(=O)OCCO)C1c1ccccc1OC. The predicted octanol–water partition coefficient (Wildman–Crippen LogP) is 3.16. The average Bonchev–Trinajstić information content (AvgIpc) is 2.70. The Balaban J connectivity index is 2.51. The zero-order valence-corrected chi connectivity index (χ0v) is 16.8. The summed E-state index contributed by atoms with van der Waals surface area (Å²) in [5, 5.41) is 11.9. The third-order valence-electron chi connectivity index (χ3n) is 4.05. The first-order chi connectivity index (χ1) is 13.9. The monoisotopic (exact) mass is 407 g/mol. The number of allylic oxidation sites excluding steroid dienone is 2. The maximum absolute atomic E-state index is 12.1. The van der Waals surface area contributed by atoms with E-state index in [0.717, 1.165) is 0 Å². The van der Waals surface area contributed by atoms with E-state index in [1.54, 1.807) is 45.0 Å². The van der Waals surface area contributed by atoms with E-state index in [0.29, 0.717) is 22.7 Å². The van der Waals surface area contributed by atoms with Gasteiger partial charge in [-0.2, -0.15) is 0 Å². The third-order valence-corrected chi connectivity index (χ3v) is 4.05. The number of carbonyl (C=O) groups is 2. The van der Waals surface area contributed by atoms with Crippen molar-refractivity contribution in [3.05, 3.63) is 52.7 Å². The Kier molecular flexibility index (Phi) is 7.90. The molecule has 0 aliphatic carbocycles. The van der Waals surface area contributed by atoms with Crippen molar-refractivity contribution in [1.82, 2.24) is 5.32 Å². The Morgan fingerprint density at radius 3 is 2.17 bits per heavy atom. The van der Waals surface area contributed by atoms with Crippen LogP contribution in [0.5, 0.6) is 5.75 Å². The van der Waals surface area contributed by atoms with Crippen LogP contribution in [0.15, 0.2) is 47.2 Å². The fourth-order valence-electron chi connectivity index (χ4n) is 2.90. The molecule has 158 valence electrons. The van der Waals surface area contributed by atoms with Crippen molar-refractivity contribution in [2.75, 3.05) is 26.9 Å². The number of dihydropyridines is 1. The second-order valence-electron chi connectivity index (χ2n) is 5.99. The number of para-hydroxylation sites is 1. The Labute approximate surface area is 168 Å². The van der Waals surface area contributed by atoms with Crippen molar-refractivity contribution in [2.24, 2.45) is 0 Å². The number of carbonyl (C=O) groups excluding carboxylic acids is 2. The van der Waals surface area contributed by atoms with Crippen molar-refractivity contribution in [1.29, 1.82) is 0 Å². The van der Waals surface area contributed by atoms with E-state index in [1.807, 2.05) is 0 Å². The number of aliphatic hydroxyl groups excluding tert-OH is 1. The Morgan fingerprint density at radius 2 is 1.62 bits per heavy atom. The van der Waals surface area contributed by atoms with Crippen LogP contribution in [-0.2, 0) is 18.9 Å². The van der Waals surface area contributed by atoms with Crippen molar-refractivity contribution >= 4 is 12.3 Å². The van der Waals surface area contributed by atoms with Crippen LogP contribution in [-0.4, -0.2) is 44.3 Å². The van der Waals surface area contributed by atoms with Crippen LogP contribution in [0.2, 0.25) is 0 Å². The van der Waals surface area contributed by atoms with E-state index in [4.69, 9.17) is 28.8 Å². The van der Waals surface area contributed by atoms with Gasteiger partial charge in [0.1, 0.15) is 29.8 Å². The van der Waals surface area contributed by atoms with E-state index >= 15 is 0 Å². The highest BCUT2D eigenvalue weighted by Gasteiger charge is 2.37. The smallest absolute Gasteiger partial charge is 0.496 e. The van der Waals surface area contributed by atoms with Gasteiger partial charge in [-0.15, -0.1) is 0 Å². The second kappa shape index (κ2) is 10.4. The van der Waals surface area contributed by atoms with Crippen LogP contribution >= 0.6 is 0 Å². The molecular formula is C20H25NO8. The molecule has 0 saturated heterocycles. The largest absolute Gasteiger partial charge is 0.513 e. The maximum Gasteiger partial charge on any atom is 0.513 e. The molecule has 1 aromatic rings. The normalized spacial score (nSPS) is 16.1. The highest BCUT2D eigenvalue weighted by molar-refractivity contribution is 5.65. The molecule has 0 aromatic heterocycles. The Hall–Kier alpha value is -3.20. The summed E-state index contributed by atoms with van der Waals surface area (Å²) in [6.45, 7) is 4.69. The topological polar surface area (TPSA) is 113 Å². The molecule has 1 unspecified atom stereocenters. The molecule has 1 aromatic carbocycles. The van der Waals surface area contributed by atoms with Gasteiger partial charge in [-0.3, -0.25) is 0 Å². The highest BCUT2D eigenvalue weighted by atomic mass is 16.7. The zero-order chi connectivity index (χ0) is 21.4. The fraction of sp³-hybridized carbons (Fsp3) is 0.400. The maximum atomic E-state index is 12.1. The van der Waals surface area contributed by atoms with E-state index in [1.165, 1.54) is 7.11 Å². The molecule has 0 saturated carbocycles. The molecule has 0 spiro atoms. The van der Waals surface area contributed by atoms with Gasteiger partial charge in [-0.1, -0.05) is 18.2 Å². The van der Waals surface area contributed by atoms with Gasteiger partial charge in [-0.25, -0.2) is 9.59 Å². The molecule has 9 nitrogen and oxygen atoms in total. The van der Waals surface area contributed by atoms with Gasteiger partial charge in [0, 0.05) is 5.56 Å². The quantitative estimate of drug-likeness (QED) is 0.658. The first-order valence-electron chi connectivity index (χ1n) is 9.04. The summed E-state index contributed by atoms with van der Waals surface area (Å²) in [6, 6.07) is 7.09. The van der Waals surface area contributed by atoms with Crippen LogP contribution in [0.3, 0.4) is 0 Å². The van der Waals surface area contributed by atoms with E-state index in [-0.39, 0.29) is 31.3 Å². The summed E-state index contributed by atoms with van der Waals surface area (Å²) in [4.78, 5) is 24.1. The number of benzene rings is 1. The number of hydrogen-bond acceptors (Lipinski definition) is 9. The molecule has 0 fully saturated rings. The standard InChI is InChI=1S/C20H25NO8/c1-5-26-19(23)28-17-12(2)21-13(3)18(29-20(24)27-11-10-22)16(17)14-8-6-7-9-15(14)25-4/h6-9,16,21-22H,5,10-11H2,1-4H3. The number of aliphatic hydroxyl groups is 1. The number of ether oxygens (including phenoxy) is 5. The number of hydrogen-bond donors (Lipinski definition) is 2. The van der Waals surface area contributed by atoms with Crippen molar-refractivity contribution in [3.63, 3.8) is 0 Å². The van der Waals surface area contributed by atoms with Gasteiger partial charge in [0.25, 0.3) is 0 Å². The van der Waals surface area contributed by atoms with Crippen LogP contribution in [0.1, 0.15) is 32.3 Å². The second-order valence-corrected chi connectivity index (χ2v) is 5.99. The lowest BCUT2D eigenvalue weighted by molar-refractivity contribution is 0.0531. The zero-order valence-electron chi connectivity index (χ0n) is 16.8. The van der Waals surface area contributed by atoms with E-state index < -0.39 is 18.2 Å². The first kappa shape index (κ1) is 22.1. The summed E-state index contributed by atoms with van der Waals surface area (Å²) >= 11 is 0. The molecule has 9 heteroatoms. The molecule has 29 heavy (non-hydrogen) atoms. The number of nitrogens with one attached hydrogen (secondary N) is 1. The Morgan fingerprint density at radius 1 is 1.03 bits per heavy atom. The van der Waals surface area contributed by atoms with E-state index in [2.05, 4.69) is 5.32 Å². The van der Waals surface area contributed by atoms with Gasteiger partial charge < -0.3 is 34.1 Å². The summed E-state index contributed by atoms with van der Waals surface area (Å²) in [5.41, 5.74) is 1.68. The van der Waals surface area contributed by atoms with Gasteiger partial charge >= 0.3 is 12.3 Å². The fourth-order valence-corrected chi connectivity index (χ4v) is 2.90. The lowest BCUT2D eigenvalue weighted by Crippen LogP contribution is -2.29. The molecule has 0 bridgehead atoms. The van der Waals surface area contributed by atoms with Crippen LogP contribution in [0.25, 0.3) is 0 Å². The highest BCUT2D eigenvalue weighted by Crippen LogP contribution is 2.42. The minimum atomic E-state index is -0.995. The minimum absolute atomic E-state index is 0.142. The summed E-state index contributed by atoms with van der Waals surface area (Å²) < 4.78 is 26.0. The molecule has 2 N–H and O–H groups in total. The minimum Gasteiger partial charge on any atom is -0.496 e. The van der Waals surface area contributed by atoms with Gasteiger partial charge in [0.15, 0.2) is 0 Å². The predicted molar refractivity (Wildman–Crippen MR) is 102 cm³/mol.